The Morgan fingerprint density at radius 3 is 2.08 bits per heavy atom. The number of nitrogens with one attached hydrogen (secondary N) is 4. The number of benzene rings is 1. The van der Waals surface area contributed by atoms with Gasteiger partial charge in [-0.25, -0.2) is 9.59 Å². The van der Waals surface area contributed by atoms with Gasteiger partial charge in [-0.2, -0.15) is 0 Å². The highest BCUT2D eigenvalue weighted by Crippen LogP contribution is 2.09. The zero-order chi connectivity index (χ0) is 29.6. The van der Waals surface area contributed by atoms with Crippen molar-refractivity contribution in [3.63, 3.8) is 0 Å². The number of aliphatic carboxylic acids is 1. The Morgan fingerprint density at radius 1 is 0.872 bits per heavy atom. The molecule has 0 bridgehead atoms. The number of rotatable bonds is 14. The van der Waals surface area contributed by atoms with E-state index in [9.17, 15) is 24.0 Å². The van der Waals surface area contributed by atoms with Gasteiger partial charge >= 0.3 is 18.2 Å². The van der Waals surface area contributed by atoms with Gasteiger partial charge < -0.3 is 35.8 Å². The van der Waals surface area contributed by atoms with Gasteiger partial charge in [0, 0.05) is 6.54 Å². The van der Waals surface area contributed by atoms with Crippen LogP contribution in [0.15, 0.2) is 30.3 Å². The Balaban J connectivity index is 2.81. The summed E-state index contributed by atoms with van der Waals surface area (Å²) in [4.78, 5) is 61.2. The van der Waals surface area contributed by atoms with Gasteiger partial charge in [-0.1, -0.05) is 44.2 Å². The molecule has 218 valence electrons. The minimum atomic E-state index is -1.21. The third-order valence-electron chi connectivity index (χ3n) is 5.39. The monoisotopic (exact) mass is 550 g/mol. The van der Waals surface area contributed by atoms with E-state index in [1.807, 2.05) is 6.07 Å². The molecule has 39 heavy (non-hydrogen) atoms. The summed E-state index contributed by atoms with van der Waals surface area (Å²) in [5.41, 5.74) is 0.143. The molecule has 0 saturated carbocycles. The number of carboxylic acid groups (broad SMARTS) is 1. The molecule has 0 heterocycles. The molecule has 12 nitrogen and oxygen atoms in total. The molecular weight excluding hydrogens is 508 g/mol. The number of hydrogen-bond donors (Lipinski definition) is 5. The van der Waals surface area contributed by atoms with E-state index in [1.54, 1.807) is 58.9 Å². The van der Waals surface area contributed by atoms with Crippen molar-refractivity contribution in [1.82, 2.24) is 21.3 Å². The lowest BCUT2D eigenvalue weighted by molar-refractivity contribution is -0.142. The zero-order valence-electron chi connectivity index (χ0n) is 23.5. The van der Waals surface area contributed by atoms with Crippen LogP contribution in [0.2, 0.25) is 0 Å². The van der Waals surface area contributed by atoms with E-state index in [2.05, 4.69) is 21.3 Å². The molecule has 0 spiro atoms. The van der Waals surface area contributed by atoms with Crippen molar-refractivity contribution in [2.75, 3.05) is 6.54 Å². The van der Waals surface area contributed by atoms with Gasteiger partial charge in [0.05, 0.1) is 0 Å². The van der Waals surface area contributed by atoms with Crippen LogP contribution in [0.4, 0.5) is 9.59 Å². The summed E-state index contributed by atoms with van der Waals surface area (Å²) in [6, 6.07) is 5.81. The summed E-state index contributed by atoms with van der Waals surface area (Å²) in [5, 5.41) is 19.2. The predicted octanol–water partition coefficient (Wildman–Crippen LogP) is 2.71. The second-order valence-electron chi connectivity index (χ2n) is 10.5. The number of unbranched alkanes of at least 4 members (excludes halogenated alkanes) is 1. The third kappa shape index (κ3) is 14.0. The van der Waals surface area contributed by atoms with Crippen LogP contribution < -0.4 is 21.3 Å². The van der Waals surface area contributed by atoms with E-state index >= 15 is 0 Å². The highest BCUT2D eigenvalue weighted by Gasteiger charge is 2.30. The molecule has 1 rings (SSSR count). The third-order valence-corrected chi connectivity index (χ3v) is 5.39. The van der Waals surface area contributed by atoms with Crippen molar-refractivity contribution in [3.8, 4) is 0 Å². The SMILES string of the molecule is CC(C)[C@H](NC(=O)[C@H](CCCCNC(=O)OC(C)(C)C)NC(=O)OCc1ccccc1)C(=O)N[C@@H](C)C(=O)O. The molecule has 0 radical (unpaired) electrons. The Bertz CT molecular complexity index is 962. The van der Waals surface area contributed by atoms with Crippen LogP contribution in [0.1, 0.15) is 66.4 Å². The molecular formula is C27H42N4O8. The molecule has 3 atom stereocenters. The quantitative estimate of drug-likeness (QED) is 0.220. The van der Waals surface area contributed by atoms with Gasteiger partial charge in [-0.3, -0.25) is 14.4 Å². The van der Waals surface area contributed by atoms with Crippen LogP contribution >= 0.6 is 0 Å². The molecule has 0 unspecified atom stereocenters. The minimum Gasteiger partial charge on any atom is -0.480 e. The molecule has 5 N–H and O–H groups in total. The van der Waals surface area contributed by atoms with Gasteiger partial charge in [0.1, 0.15) is 30.3 Å². The lowest BCUT2D eigenvalue weighted by atomic mass is 10.0. The maximum absolute atomic E-state index is 13.2. The molecule has 0 aliphatic carbocycles. The highest BCUT2D eigenvalue weighted by atomic mass is 16.6. The second kappa shape index (κ2) is 16.2. The van der Waals surface area contributed by atoms with Crippen molar-refractivity contribution < 1.29 is 38.6 Å². The van der Waals surface area contributed by atoms with Crippen LogP contribution in [0.3, 0.4) is 0 Å². The summed E-state index contributed by atoms with van der Waals surface area (Å²) in [6.45, 7) is 10.3. The smallest absolute Gasteiger partial charge is 0.408 e. The first kappa shape index (κ1) is 33.2. The van der Waals surface area contributed by atoms with Crippen molar-refractivity contribution in [2.24, 2.45) is 5.92 Å². The standard InChI is InChI=1S/C27H42N4O8/c1-17(2)21(23(33)29-18(3)24(34)35)31-22(32)20(14-10-11-15-28-25(36)39-27(4,5)6)30-26(37)38-16-19-12-8-7-9-13-19/h7-9,12-13,17-18,20-21H,10-11,14-16H2,1-6H3,(H,28,36)(H,29,33)(H,30,37)(H,31,32)(H,34,35)/t18-,20-,21-/m0/s1. The molecule has 1 aromatic carbocycles. The van der Waals surface area contributed by atoms with E-state index in [0.717, 1.165) is 5.56 Å². The van der Waals surface area contributed by atoms with E-state index in [0.29, 0.717) is 19.4 Å². The number of ether oxygens (including phenoxy) is 2. The number of carbonyl (C=O) groups excluding carboxylic acids is 4. The lowest BCUT2D eigenvalue weighted by Gasteiger charge is -2.26. The maximum Gasteiger partial charge on any atom is 0.408 e. The van der Waals surface area contributed by atoms with Gasteiger partial charge in [0.2, 0.25) is 11.8 Å². The Labute approximate surface area is 229 Å². The summed E-state index contributed by atoms with van der Waals surface area (Å²) < 4.78 is 10.4. The van der Waals surface area contributed by atoms with Crippen molar-refractivity contribution >= 4 is 30.0 Å². The van der Waals surface area contributed by atoms with Crippen molar-refractivity contribution in [1.29, 1.82) is 0 Å². The largest absolute Gasteiger partial charge is 0.480 e. The van der Waals surface area contributed by atoms with Crippen LogP contribution in [0, 0.1) is 5.92 Å². The second-order valence-corrected chi connectivity index (χ2v) is 10.5. The average Bonchev–Trinajstić information content (AvgIpc) is 2.84. The number of amides is 4. The summed E-state index contributed by atoms with van der Waals surface area (Å²) in [6.07, 6.45) is -0.230. The molecule has 4 amide bonds. The normalized spacial score (nSPS) is 13.4. The fraction of sp³-hybridized carbons (Fsp3) is 0.593. The molecule has 0 saturated heterocycles. The number of alkyl carbamates (subject to hydrolysis) is 2. The Morgan fingerprint density at radius 2 is 1.51 bits per heavy atom. The van der Waals surface area contributed by atoms with E-state index in [1.165, 1.54) is 6.92 Å². The fourth-order valence-corrected chi connectivity index (χ4v) is 3.31. The van der Waals surface area contributed by atoms with Crippen molar-refractivity contribution in [2.45, 2.75) is 91.1 Å². The fourth-order valence-electron chi connectivity index (χ4n) is 3.31. The Hall–Kier alpha value is -3.83. The maximum atomic E-state index is 13.2. The molecule has 12 heteroatoms. The zero-order valence-corrected chi connectivity index (χ0v) is 23.5. The van der Waals surface area contributed by atoms with Crippen LogP contribution in [-0.2, 0) is 30.5 Å². The van der Waals surface area contributed by atoms with Gasteiger partial charge in [0.15, 0.2) is 0 Å². The van der Waals surface area contributed by atoms with Gasteiger partial charge in [-0.05, 0) is 58.4 Å². The van der Waals surface area contributed by atoms with Gasteiger partial charge in [0.25, 0.3) is 0 Å². The van der Waals surface area contributed by atoms with Crippen LogP contribution in [0.5, 0.6) is 0 Å². The molecule has 0 aliphatic rings. The average molecular weight is 551 g/mol. The predicted molar refractivity (Wildman–Crippen MR) is 144 cm³/mol. The Kier molecular flexibility index (Phi) is 13.8. The lowest BCUT2D eigenvalue weighted by Crippen LogP contribution is -2.57. The minimum absolute atomic E-state index is 0.00488. The van der Waals surface area contributed by atoms with Crippen LogP contribution in [-0.4, -0.2) is 65.3 Å². The van der Waals surface area contributed by atoms with E-state index < -0.39 is 53.7 Å². The first-order chi connectivity index (χ1) is 18.2. The van der Waals surface area contributed by atoms with Crippen molar-refractivity contribution in [3.05, 3.63) is 35.9 Å². The van der Waals surface area contributed by atoms with E-state index in [-0.39, 0.29) is 18.9 Å². The molecule has 0 aromatic heterocycles. The summed E-state index contributed by atoms with van der Waals surface area (Å²) in [7, 11) is 0. The molecule has 0 aliphatic heterocycles. The van der Waals surface area contributed by atoms with E-state index in [4.69, 9.17) is 14.6 Å². The summed E-state index contributed by atoms with van der Waals surface area (Å²) >= 11 is 0. The van der Waals surface area contributed by atoms with Crippen LogP contribution in [0.25, 0.3) is 0 Å². The summed E-state index contributed by atoms with van der Waals surface area (Å²) in [5.74, 6) is -2.85. The van der Waals surface area contributed by atoms with Gasteiger partial charge in [-0.15, -0.1) is 0 Å². The first-order valence-corrected chi connectivity index (χ1v) is 13.0. The number of hydrogen-bond acceptors (Lipinski definition) is 7. The molecule has 1 aromatic rings. The number of carboxylic acids is 1. The highest BCUT2D eigenvalue weighted by molar-refractivity contribution is 5.92. The molecule has 0 fully saturated rings. The number of carbonyl (C=O) groups is 5. The topological polar surface area (TPSA) is 172 Å². The first-order valence-electron chi connectivity index (χ1n) is 13.0.